The fourth-order valence-electron chi connectivity index (χ4n) is 2.62. The zero-order chi connectivity index (χ0) is 14.7. The Morgan fingerprint density at radius 2 is 2.05 bits per heavy atom. The summed E-state index contributed by atoms with van der Waals surface area (Å²) < 4.78 is 1.19. The van der Waals surface area contributed by atoms with Gasteiger partial charge in [0.15, 0.2) is 0 Å². The summed E-state index contributed by atoms with van der Waals surface area (Å²) >= 11 is 5.35. The van der Waals surface area contributed by atoms with Crippen molar-refractivity contribution in [3.05, 3.63) is 62.9 Å². The van der Waals surface area contributed by atoms with E-state index >= 15 is 0 Å². The van der Waals surface area contributed by atoms with Crippen molar-refractivity contribution in [2.45, 2.75) is 19.4 Å². The molecule has 0 fully saturated rings. The number of pyridine rings is 1. The minimum absolute atomic E-state index is 0.313. The molecule has 1 aromatic carbocycles. The van der Waals surface area contributed by atoms with Crippen LogP contribution in [0.2, 0.25) is 0 Å². The van der Waals surface area contributed by atoms with E-state index in [1.807, 2.05) is 12.3 Å². The van der Waals surface area contributed by atoms with Crippen LogP contribution in [0.5, 0.6) is 0 Å². The SMILES string of the molecule is CCNC(Cc1ccc(Br)s1)c1ccnc2ccccc12. The normalized spacial score (nSPS) is 12.7. The molecule has 1 N–H and O–H groups in total. The number of hydrogen-bond donors (Lipinski definition) is 1. The predicted molar refractivity (Wildman–Crippen MR) is 93.9 cm³/mol. The summed E-state index contributed by atoms with van der Waals surface area (Å²) in [6, 6.07) is 15.1. The lowest BCUT2D eigenvalue weighted by Gasteiger charge is -2.19. The van der Waals surface area contributed by atoms with E-state index in [0.29, 0.717) is 6.04 Å². The maximum atomic E-state index is 4.46. The van der Waals surface area contributed by atoms with Crippen LogP contribution in [0.1, 0.15) is 23.4 Å². The molecule has 1 atom stereocenters. The summed E-state index contributed by atoms with van der Waals surface area (Å²) in [6.07, 6.45) is 2.91. The first-order valence-electron chi connectivity index (χ1n) is 7.09. The quantitative estimate of drug-likeness (QED) is 0.695. The molecule has 0 aliphatic rings. The Bertz CT molecular complexity index is 733. The second kappa shape index (κ2) is 6.69. The van der Waals surface area contributed by atoms with Crippen LogP contribution in [0, 0.1) is 0 Å². The molecular formula is C17H17BrN2S. The van der Waals surface area contributed by atoms with Gasteiger partial charge < -0.3 is 5.32 Å². The van der Waals surface area contributed by atoms with Gasteiger partial charge in [0.1, 0.15) is 0 Å². The summed E-state index contributed by atoms with van der Waals surface area (Å²) in [5, 5.41) is 4.85. The van der Waals surface area contributed by atoms with Gasteiger partial charge in [0.05, 0.1) is 9.30 Å². The van der Waals surface area contributed by atoms with Crippen LogP contribution in [-0.2, 0) is 6.42 Å². The Kier molecular flexibility index (Phi) is 4.68. The van der Waals surface area contributed by atoms with Gasteiger partial charge in [-0.05, 0) is 52.3 Å². The molecule has 0 amide bonds. The summed E-state index contributed by atoms with van der Waals surface area (Å²) in [4.78, 5) is 5.85. The lowest BCUT2D eigenvalue weighted by molar-refractivity contribution is 0.556. The Labute approximate surface area is 137 Å². The zero-order valence-electron chi connectivity index (χ0n) is 11.8. The van der Waals surface area contributed by atoms with Crippen molar-refractivity contribution in [1.82, 2.24) is 10.3 Å². The number of aromatic nitrogens is 1. The van der Waals surface area contributed by atoms with E-state index in [9.17, 15) is 0 Å². The van der Waals surface area contributed by atoms with E-state index in [1.165, 1.54) is 19.6 Å². The number of rotatable bonds is 5. The van der Waals surface area contributed by atoms with Crippen molar-refractivity contribution in [2.75, 3.05) is 6.54 Å². The van der Waals surface area contributed by atoms with Crippen LogP contribution < -0.4 is 5.32 Å². The highest BCUT2D eigenvalue weighted by Crippen LogP contribution is 2.29. The van der Waals surface area contributed by atoms with E-state index < -0.39 is 0 Å². The molecule has 0 saturated carbocycles. The summed E-state index contributed by atoms with van der Waals surface area (Å²) in [5.74, 6) is 0. The maximum Gasteiger partial charge on any atom is 0.0705 e. The average Bonchev–Trinajstić information content (AvgIpc) is 2.91. The highest BCUT2D eigenvalue weighted by atomic mass is 79.9. The highest BCUT2D eigenvalue weighted by Gasteiger charge is 2.15. The number of halogens is 1. The largest absolute Gasteiger partial charge is 0.310 e. The average molecular weight is 361 g/mol. The molecule has 3 rings (SSSR count). The van der Waals surface area contributed by atoms with Crippen LogP contribution >= 0.6 is 27.3 Å². The minimum Gasteiger partial charge on any atom is -0.310 e. The first-order valence-corrected chi connectivity index (χ1v) is 8.70. The third-order valence-corrected chi connectivity index (χ3v) is 5.19. The first kappa shape index (κ1) is 14.7. The van der Waals surface area contributed by atoms with Crippen LogP contribution in [0.3, 0.4) is 0 Å². The van der Waals surface area contributed by atoms with E-state index in [-0.39, 0.29) is 0 Å². The molecule has 0 aliphatic heterocycles. The Balaban J connectivity index is 1.98. The second-order valence-corrected chi connectivity index (χ2v) is 7.49. The van der Waals surface area contributed by atoms with Crippen LogP contribution in [0.4, 0.5) is 0 Å². The fourth-order valence-corrected chi connectivity index (χ4v) is 4.15. The number of fused-ring (bicyclic) bond motifs is 1. The first-order chi connectivity index (χ1) is 10.3. The topological polar surface area (TPSA) is 24.9 Å². The van der Waals surface area contributed by atoms with Crippen molar-refractivity contribution in [1.29, 1.82) is 0 Å². The predicted octanol–water partition coefficient (Wildman–Crippen LogP) is 4.95. The standard InChI is InChI=1S/C17H17BrN2S/c1-2-19-16(11-12-7-8-17(18)21-12)14-9-10-20-15-6-4-3-5-13(14)15/h3-10,16,19H,2,11H2,1H3. The van der Waals surface area contributed by atoms with Gasteiger partial charge in [-0.1, -0.05) is 25.1 Å². The van der Waals surface area contributed by atoms with Gasteiger partial charge in [0, 0.05) is 28.9 Å². The van der Waals surface area contributed by atoms with E-state index in [2.05, 4.69) is 69.6 Å². The monoisotopic (exact) mass is 360 g/mol. The molecule has 1 unspecified atom stereocenters. The lowest BCUT2D eigenvalue weighted by Crippen LogP contribution is -2.23. The van der Waals surface area contributed by atoms with Gasteiger partial charge in [0.25, 0.3) is 0 Å². The summed E-state index contributed by atoms with van der Waals surface area (Å²) in [7, 11) is 0. The molecule has 0 spiro atoms. The van der Waals surface area contributed by atoms with E-state index in [1.54, 1.807) is 11.3 Å². The van der Waals surface area contributed by atoms with Gasteiger partial charge >= 0.3 is 0 Å². The van der Waals surface area contributed by atoms with Gasteiger partial charge in [-0.25, -0.2) is 0 Å². The molecule has 2 nitrogen and oxygen atoms in total. The molecule has 108 valence electrons. The molecule has 0 aliphatic carbocycles. The van der Waals surface area contributed by atoms with Crippen molar-refractivity contribution in [2.24, 2.45) is 0 Å². The molecular weight excluding hydrogens is 344 g/mol. The Hall–Kier alpha value is -1.23. The minimum atomic E-state index is 0.313. The molecule has 2 heterocycles. The molecule has 2 aromatic heterocycles. The van der Waals surface area contributed by atoms with Crippen molar-refractivity contribution in [3.8, 4) is 0 Å². The van der Waals surface area contributed by atoms with Gasteiger partial charge in [0.2, 0.25) is 0 Å². The van der Waals surface area contributed by atoms with Gasteiger partial charge in [-0.2, -0.15) is 0 Å². The van der Waals surface area contributed by atoms with Crippen molar-refractivity contribution in [3.63, 3.8) is 0 Å². The molecule has 0 radical (unpaired) electrons. The lowest BCUT2D eigenvalue weighted by atomic mass is 9.99. The smallest absolute Gasteiger partial charge is 0.0705 e. The van der Waals surface area contributed by atoms with E-state index in [0.717, 1.165) is 18.5 Å². The number of hydrogen-bond acceptors (Lipinski definition) is 3. The molecule has 0 bridgehead atoms. The van der Waals surface area contributed by atoms with Crippen LogP contribution in [-0.4, -0.2) is 11.5 Å². The molecule has 4 heteroatoms. The number of para-hydroxylation sites is 1. The number of nitrogens with one attached hydrogen (secondary N) is 1. The van der Waals surface area contributed by atoms with Crippen LogP contribution in [0.25, 0.3) is 10.9 Å². The van der Waals surface area contributed by atoms with Crippen molar-refractivity contribution >= 4 is 38.2 Å². The Morgan fingerprint density at radius 1 is 1.19 bits per heavy atom. The number of nitrogens with zero attached hydrogens (tertiary/aromatic N) is 1. The van der Waals surface area contributed by atoms with Crippen molar-refractivity contribution < 1.29 is 0 Å². The number of benzene rings is 1. The molecule has 3 aromatic rings. The van der Waals surface area contributed by atoms with Gasteiger partial charge in [-0.15, -0.1) is 11.3 Å². The highest BCUT2D eigenvalue weighted by molar-refractivity contribution is 9.11. The third-order valence-electron chi connectivity index (χ3n) is 3.54. The Morgan fingerprint density at radius 3 is 2.81 bits per heavy atom. The van der Waals surface area contributed by atoms with E-state index in [4.69, 9.17) is 0 Å². The number of thiophene rings is 1. The second-order valence-electron chi connectivity index (χ2n) is 4.94. The molecule has 0 saturated heterocycles. The zero-order valence-corrected chi connectivity index (χ0v) is 14.2. The number of likely N-dealkylation sites (N-methyl/N-ethyl adjacent to an activating group) is 1. The third kappa shape index (κ3) is 3.34. The summed E-state index contributed by atoms with van der Waals surface area (Å²) in [5.41, 5.74) is 2.39. The molecule has 21 heavy (non-hydrogen) atoms. The maximum absolute atomic E-state index is 4.46. The van der Waals surface area contributed by atoms with Gasteiger partial charge in [-0.3, -0.25) is 4.98 Å². The van der Waals surface area contributed by atoms with Crippen LogP contribution in [0.15, 0.2) is 52.4 Å². The fraction of sp³-hybridized carbons (Fsp3) is 0.235. The summed E-state index contributed by atoms with van der Waals surface area (Å²) in [6.45, 7) is 3.11.